The Kier molecular flexibility index (Phi) is 2.06. The molecule has 7 heteroatoms. The molecule has 104 valence electrons. The molecule has 3 fully saturated rings. The van der Waals surface area contributed by atoms with Crippen LogP contribution in [-0.2, 0) is 23.7 Å². The minimum absolute atomic E-state index is 0.147. The highest BCUT2D eigenvalue weighted by Crippen LogP contribution is 2.56. The average molecular weight is 268 g/mol. The van der Waals surface area contributed by atoms with Crippen molar-refractivity contribution in [1.82, 2.24) is 0 Å². The van der Waals surface area contributed by atoms with Crippen molar-refractivity contribution < 1.29 is 23.7 Å². The van der Waals surface area contributed by atoms with Crippen LogP contribution in [0, 0.1) is 5.92 Å². The molecule has 1 aliphatic carbocycles. The van der Waals surface area contributed by atoms with Crippen LogP contribution in [0.4, 0.5) is 0 Å². The highest BCUT2D eigenvalue weighted by Gasteiger charge is 2.77. The van der Waals surface area contributed by atoms with Gasteiger partial charge in [-0.25, -0.2) is 4.79 Å². The largest absolute Gasteiger partial charge is 0.467 e. The van der Waals surface area contributed by atoms with E-state index in [1.54, 1.807) is 0 Å². The van der Waals surface area contributed by atoms with E-state index in [1.807, 2.05) is 13.8 Å². The molecule has 7 nitrogen and oxygen atoms in total. The van der Waals surface area contributed by atoms with Crippen LogP contribution in [-0.4, -0.2) is 55.4 Å². The van der Waals surface area contributed by atoms with E-state index in [4.69, 9.17) is 18.9 Å². The first-order valence-electron chi connectivity index (χ1n) is 6.48. The molecule has 0 amide bonds. The number of epoxide rings is 1. The predicted molar refractivity (Wildman–Crippen MR) is 60.4 cm³/mol. The Hall–Kier alpha value is -1.05. The highest BCUT2D eigenvalue weighted by atomic mass is 16.8. The molecule has 0 spiro atoms. The number of carbonyl (C=O) groups is 1. The van der Waals surface area contributed by atoms with Gasteiger partial charge in [-0.05, 0) is 13.8 Å². The van der Waals surface area contributed by atoms with Crippen LogP contribution in [0.2, 0.25) is 0 Å². The Morgan fingerprint density at radius 1 is 1.26 bits per heavy atom. The number of nitrogens with zero attached hydrogens (tertiary/aromatic N) is 2. The normalized spacial score (nSPS) is 52.3. The van der Waals surface area contributed by atoms with E-state index in [2.05, 4.69) is 10.2 Å². The Morgan fingerprint density at radius 2 is 2.00 bits per heavy atom. The number of carbonyl (C=O) groups excluding carboxylic acids is 1. The maximum absolute atomic E-state index is 12.2. The van der Waals surface area contributed by atoms with Gasteiger partial charge in [0.15, 0.2) is 5.79 Å². The number of azo groups is 1. The van der Waals surface area contributed by atoms with Gasteiger partial charge >= 0.3 is 5.97 Å². The smallest absolute Gasteiger partial charge is 0.339 e. The van der Waals surface area contributed by atoms with Gasteiger partial charge in [-0.2, -0.15) is 10.2 Å². The first kappa shape index (κ1) is 11.7. The fraction of sp³-hybridized carbons (Fsp3) is 0.917. The summed E-state index contributed by atoms with van der Waals surface area (Å²) in [6.07, 6.45) is -0.826. The van der Waals surface area contributed by atoms with Crippen molar-refractivity contribution in [3.63, 3.8) is 0 Å². The lowest BCUT2D eigenvalue weighted by atomic mass is 9.71. The Balaban J connectivity index is 1.75. The zero-order valence-electron chi connectivity index (χ0n) is 11.0. The fourth-order valence-corrected chi connectivity index (χ4v) is 3.66. The monoisotopic (exact) mass is 268 g/mol. The van der Waals surface area contributed by atoms with Gasteiger partial charge in [0.05, 0.1) is 19.8 Å². The van der Waals surface area contributed by atoms with Crippen LogP contribution in [0.25, 0.3) is 0 Å². The minimum Gasteiger partial charge on any atom is -0.467 e. The molecule has 3 heterocycles. The topological polar surface area (TPSA) is 82.0 Å². The van der Waals surface area contributed by atoms with E-state index in [0.717, 1.165) is 0 Å². The SMILES string of the molecule is COC(=O)[C@@]12N=NC[C@@H]1[C@H]1OC(C)(C)O[C@H]1[C@@H]1O[C@@H]12. The lowest BCUT2D eigenvalue weighted by Gasteiger charge is -2.35. The van der Waals surface area contributed by atoms with Crippen LogP contribution < -0.4 is 0 Å². The van der Waals surface area contributed by atoms with E-state index in [-0.39, 0.29) is 30.3 Å². The summed E-state index contributed by atoms with van der Waals surface area (Å²) >= 11 is 0. The summed E-state index contributed by atoms with van der Waals surface area (Å²) < 4.78 is 22.4. The zero-order valence-corrected chi connectivity index (χ0v) is 11.0. The van der Waals surface area contributed by atoms with E-state index in [0.29, 0.717) is 6.54 Å². The second-order valence-corrected chi connectivity index (χ2v) is 5.93. The number of hydrogen-bond acceptors (Lipinski definition) is 7. The van der Waals surface area contributed by atoms with Gasteiger partial charge in [0.2, 0.25) is 5.54 Å². The molecule has 3 aliphatic heterocycles. The second-order valence-electron chi connectivity index (χ2n) is 5.93. The van der Waals surface area contributed by atoms with Gasteiger partial charge in [0.1, 0.15) is 18.3 Å². The number of rotatable bonds is 1. The molecule has 2 saturated heterocycles. The van der Waals surface area contributed by atoms with Crippen molar-refractivity contribution in [2.45, 2.75) is 49.6 Å². The van der Waals surface area contributed by atoms with Crippen LogP contribution >= 0.6 is 0 Å². The fourth-order valence-electron chi connectivity index (χ4n) is 3.66. The van der Waals surface area contributed by atoms with E-state index in [9.17, 15) is 4.79 Å². The third kappa shape index (κ3) is 1.30. The summed E-state index contributed by atoms with van der Waals surface area (Å²) in [5.41, 5.74) is -1.04. The molecular formula is C12H16N2O5. The predicted octanol–water partition coefficient (Wildman–Crippen LogP) is 0.281. The number of ether oxygens (including phenoxy) is 4. The summed E-state index contributed by atoms with van der Waals surface area (Å²) in [4.78, 5) is 12.2. The van der Waals surface area contributed by atoms with Crippen molar-refractivity contribution in [2.24, 2.45) is 16.1 Å². The van der Waals surface area contributed by atoms with Gasteiger partial charge < -0.3 is 18.9 Å². The van der Waals surface area contributed by atoms with E-state index < -0.39 is 17.3 Å². The zero-order chi connectivity index (χ0) is 13.4. The Morgan fingerprint density at radius 3 is 2.74 bits per heavy atom. The first-order valence-corrected chi connectivity index (χ1v) is 6.48. The molecule has 0 unspecified atom stereocenters. The third-order valence-electron chi connectivity index (χ3n) is 4.44. The van der Waals surface area contributed by atoms with E-state index in [1.165, 1.54) is 7.11 Å². The highest BCUT2D eigenvalue weighted by molar-refractivity contribution is 5.84. The van der Waals surface area contributed by atoms with Crippen molar-refractivity contribution in [3.8, 4) is 0 Å². The maximum atomic E-state index is 12.2. The van der Waals surface area contributed by atoms with Gasteiger partial charge in [0, 0.05) is 5.92 Å². The minimum atomic E-state index is -1.04. The summed E-state index contributed by atoms with van der Waals surface area (Å²) in [5.74, 6) is -1.23. The van der Waals surface area contributed by atoms with Crippen molar-refractivity contribution in [2.75, 3.05) is 13.7 Å². The molecule has 19 heavy (non-hydrogen) atoms. The van der Waals surface area contributed by atoms with Crippen molar-refractivity contribution in [3.05, 3.63) is 0 Å². The third-order valence-corrected chi connectivity index (χ3v) is 4.44. The second kappa shape index (κ2) is 3.34. The Labute approximate surface area is 110 Å². The molecule has 4 aliphatic rings. The van der Waals surface area contributed by atoms with Crippen LogP contribution in [0.5, 0.6) is 0 Å². The summed E-state index contributed by atoms with van der Waals surface area (Å²) in [6, 6.07) is 0. The quantitative estimate of drug-likeness (QED) is 0.504. The molecule has 6 atom stereocenters. The van der Waals surface area contributed by atoms with Crippen LogP contribution in [0.3, 0.4) is 0 Å². The molecule has 0 aromatic heterocycles. The molecule has 1 saturated carbocycles. The van der Waals surface area contributed by atoms with Gasteiger partial charge in [-0.3, -0.25) is 0 Å². The lowest BCUT2D eigenvalue weighted by Crippen LogP contribution is -2.60. The molecule has 0 aromatic rings. The lowest BCUT2D eigenvalue weighted by molar-refractivity contribution is -0.161. The molecule has 0 radical (unpaired) electrons. The number of esters is 1. The van der Waals surface area contributed by atoms with Crippen molar-refractivity contribution in [1.29, 1.82) is 0 Å². The van der Waals surface area contributed by atoms with Gasteiger partial charge in [0.25, 0.3) is 0 Å². The van der Waals surface area contributed by atoms with Gasteiger partial charge in [-0.15, -0.1) is 0 Å². The molecule has 0 aromatic carbocycles. The number of hydrogen-bond donors (Lipinski definition) is 0. The molecular weight excluding hydrogens is 252 g/mol. The maximum Gasteiger partial charge on any atom is 0.339 e. The van der Waals surface area contributed by atoms with Crippen LogP contribution in [0.15, 0.2) is 10.2 Å². The number of fused-ring (bicyclic) bond motifs is 6. The summed E-state index contributed by atoms with van der Waals surface area (Å²) in [5, 5.41) is 8.24. The Bertz CT molecular complexity index is 479. The molecule has 4 rings (SSSR count). The van der Waals surface area contributed by atoms with E-state index >= 15 is 0 Å². The average Bonchev–Trinajstić information content (AvgIpc) is 2.92. The molecule has 0 bridgehead atoms. The van der Waals surface area contributed by atoms with Crippen molar-refractivity contribution >= 4 is 5.97 Å². The van der Waals surface area contributed by atoms with Gasteiger partial charge in [-0.1, -0.05) is 0 Å². The summed E-state index contributed by atoms with van der Waals surface area (Å²) in [7, 11) is 1.36. The molecule has 0 N–H and O–H groups in total. The first-order chi connectivity index (χ1) is 8.99. The summed E-state index contributed by atoms with van der Waals surface area (Å²) in [6.45, 7) is 4.18. The van der Waals surface area contributed by atoms with Crippen LogP contribution in [0.1, 0.15) is 13.8 Å². The number of methoxy groups -OCH3 is 1. The standard InChI is InChI=1S/C12H16N2O5/c1-11(2)18-6-5-4-13-14-12(5,10(15)16-3)9-8(17-9)7(6)19-11/h5-9H,4H2,1-3H3/t5-,6-,7-,8+,9+,12-/m1/s1.